The van der Waals surface area contributed by atoms with Gasteiger partial charge in [0, 0.05) is 10.2 Å². The van der Waals surface area contributed by atoms with Crippen molar-refractivity contribution in [3.8, 4) is 0 Å². The molecular formula is C16H17BrClN. The second-order valence-corrected chi connectivity index (χ2v) is 6.17. The summed E-state index contributed by atoms with van der Waals surface area (Å²) in [6, 6.07) is 16.7. The molecule has 0 aliphatic rings. The molecule has 0 aliphatic carbocycles. The van der Waals surface area contributed by atoms with E-state index in [4.69, 9.17) is 11.6 Å². The van der Waals surface area contributed by atoms with E-state index < -0.39 is 0 Å². The molecule has 2 rings (SSSR count). The van der Waals surface area contributed by atoms with Gasteiger partial charge < -0.3 is 5.32 Å². The first-order chi connectivity index (χ1) is 9.08. The molecule has 0 aromatic heterocycles. The summed E-state index contributed by atoms with van der Waals surface area (Å²) in [5.74, 6) is 0.491. The molecular weight excluding hydrogens is 322 g/mol. The van der Waals surface area contributed by atoms with Gasteiger partial charge in [-0.25, -0.2) is 0 Å². The summed E-state index contributed by atoms with van der Waals surface area (Å²) in [4.78, 5) is 0. The van der Waals surface area contributed by atoms with Crippen LogP contribution in [0.4, 0.5) is 5.69 Å². The molecule has 1 unspecified atom stereocenters. The van der Waals surface area contributed by atoms with E-state index in [1.807, 2.05) is 24.3 Å². The second-order valence-electron chi connectivity index (χ2n) is 4.91. The van der Waals surface area contributed by atoms with Crippen molar-refractivity contribution in [2.24, 2.45) is 5.92 Å². The Morgan fingerprint density at radius 3 is 2.32 bits per heavy atom. The van der Waals surface area contributed by atoms with Crippen molar-refractivity contribution in [3.63, 3.8) is 0 Å². The topological polar surface area (TPSA) is 12.0 Å². The lowest BCUT2D eigenvalue weighted by Gasteiger charge is -2.24. The Kier molecular flexibility index (Phi) is 4.89. The maximum absolute atomic E-state index is 6.14. The van der Waals surface area contributed by atoms with Crippen LogP contribution < -0.4 is 5.32 Å². The summed E-state index contributed by atoms with van der Waals surface area (Å²) >= 11 is 9.55. The Morgan fingerprint density at radius 2 is 1.74 bits per heavy atom. The van der Waals surface area contributed by atoms with Crippen LogP contribution in [-0.2, 0) is 0 Å². The van der Waals surface area contributed by atoms with Gasteiger partial charge in [0.2, 0.25) is 0 Å². The summed E-state index contributed by atoms with van der Waals surface area (Å²) < 4.78 is 0.917. The highest BCUT2D eigenvalue weighted by Gasteiger charge is 2.15. The summed E-state index contributed by atoms with van der Waals surface area (Å²) in [5.41, 5.74) is 2.33. The van der Waals surface area contributed by atoms with Crippen molar-refractivity contribution in [1.82, 2.24) is 0 Å². The second kappa shape index (κ2) is 6.44. The van der Waals surface area contributed by atoms with Gasteiger partial charge in [0.1, 0.15) is 0 Å². The fourth-order valence-electron chi connectivity index (χ4n) is 2.06. The van der Waals surface area contributed by atoms with Crippen molar-refractivity contribution >= 4 is 33.2 Å². The van der Waals surface area contributed by atoms with Gasteiger partial charge in [-0.3, -0.25) is 0 Å². The smallest absolute Gasteiger partial charge is 0.0568 e. The standard InChI is InChI=1S/C16H17BrClN/c1-11(2)16(12-6-4-3-5-7-12)19-13-8-9-14(17)15(18)10-13/h3-11,16,19H,1-2H3. The Morgan fingerprint density at radius 1 is 1.05 bits per heavy atom. The van der Waals surface area contributed by atoms with E-state index in [1.54, 1.807) is 0 Å². The lowest BCUT2D eigenvalue weighted by molar-refractivity contribution is 0.546. The van der Waals surface area contributed by atoms with Crippen molar-refractivity contribution in [3.05, 3.63) is 63.6 Å². The van der Waals surface area contributed by atoms with Crippen molar-refractivity contribution in [2.75, 3.05) is 5.32 Å². The highest BCUT2D eigenvalue weighted by molar-refractivity contribution is 9.10. The number of anilines is 1. The lowest BCUT2D eigenvalue weighted by atomic mass is 9.96. The van der Waals surface area contributed by atoms with E-state index in [2.05, 4.69) is 59.4 Å². The fraction of sp³-hybridized carbons (Fsp3) is 0.250. The predicted octanol–water partition coefficient (Wildman–Crippen LogP) is 5.91. The maximum Gasteiger partial charge on any atom is 0.0568 e. The molecule has 19 heavy (non-hydrogen) atoms. The molecule has 0 saturated heterocycles. The summed E-state index contributed by atoms with van der Waals surface area (Å²) in [5, 5.41) is 4.28. The third kappa shape index (κ3) is 3.74. The van der Waals surface area contributed by atoms with Crippen LogP contribution in [0.2, 0.25) is 5.02 Å². The minimum absolute atomic E-state index is 0.276. The molecule has 1 nitrogen and oxygen atoms in total. The average molecular weight is 339 g/mol. The molecule has 0 fully saturated rings. The van der Waals surface area contributed by atoms with E-state index in [-0.39, 0.29) is 6.04 Å². The Labute approximate surface area is 128 Å². The predicted molar refractivity (Wildman–Crippen MR) is 86.8 cm³/mol. The summed E-state index contributed by atoms with van der Waals surface area (Å²) in [6.45, 7) is 4.43. The van der Waals surface area contributed by atoms with Gasteiger partial charge in [-0.2, -0.15) is 0 Å². The average Bonchev–Trinajstić information content (AvgIpc) is 2.40. The lowest BCUT2D eigenvalue weighted by Crippen LogP contribution is -2.16. The highest BCUT2D eigenvalue weighted by Crippen LogP contribution is 2.30. The summed E-state index contributed by atoms with van der Waals surface area (Å²) in [7, 11) is 0. The minimum Gasteiger partial charge on any atom is -0.378 e. The quantitative estimate of drug-likeness (QED) is 0.730. The van der Waals surface area contributed by atoms with Gasteiger partial charge in [-0.05, 0) is 45.6 Å². The molecule has 0 heterocycles. The molecule has 1 N–H and O–H groups in total. The zero-order valence-electron chi connectivity index (χ0n) is 11.0. The van der Waals surface area contributed by atoms with Crippen LogP contribution in [0.1, 0.15) is 25.5 Å². The van der Waals surface area contributed by atoms with E-state index in [0.717, 1.165) is 15.2 Å². The van der Waals surface area contributed by atoms with Crippen LogP contribution in [0.25, 0.3) is 0 Å². The van der Waals surface area contributed by atoms with Crippen LogP contribution in [-0.4, -0.2) is 0 Å². The SMILES string of the molecule is CC(C)C(Nc1ccc(Br)c(Cl)c1)c1ccccc1. The number of nitrogens with one attached hydrogen (secondary N) is 1. The van der Waals surface area contributed by atoms with Crippen molar-refractivity contribution in [1.29, 1.82) is 0 Å². The molecule has 0 bridgehead atoms. The van der Waals surface area contributed by atoms with E-state index in [1.165, 1.54) is 5.56 Å². The van der Waals surface area contributed by atoms with E-state index in [9.17, 15) is 0 Å². The number of rotatable bonds is 4. The molecule has 0 aliphatic heterocycles. The van der Waals surface area contributed by atoms with Crippen LogP contribution in [0, 0.1) is 5.92 Å². The minimum atomic E-state index is 0.276. The number of hydrogen-bond donors (Lipinski definition) is 1. The largest absolute Gasteiger partial charge is 0.378 e. The Bertz CT molecular complexity index is 540. The number of benzene rings is 2. The van der Waals surface area contributed by atoms with E-state index in [0.29, 0.717) is 5.92 Å². The maximum atomic E-state index is 6.14. The zero-order valence-corrected chi connectivity index (χ0v) is 13.4. The van der Waals surface area contributed by atoms with Crippen LogP contribution >= 0.6 is 27.5 Å². The normalized spacial score (nSPS) is 12.5. The highest BCUT2D eigenvalue weighted by atomic mass is 79.9. The molecule has 2 aromatic carbocycles. The first-order valence-corrected chi connectivity index (χ1v) is 7.51. The van der Waals surface area contributed by atoms with Crippen molar-refractivity contribution < 1.29 is 0 Å². The fourth-order valence-corrected chi connectivity index (χ4v) is 2.49. The third-order valence-corrected chi connectivity index (χ3v) is 4.30. The van der Waals surface area contributed by atoms with Gasteiger partial charge in [0.15, 0.2) is 0 Å². The van der Waals surface area contributed by atoms with Gasteiger partial charge in [0.05, 0.1) is 11.1 Å². The Balaban J connectivity index is 2.24. The Hall–Kier alpha value is -0.990. The molecule has 2 aromatic rings. The molecule has 0 amide bonds. The first-order valence-electron chi connectivity index (χ1n) is 6.34. The van der Waals surface area contributed by atoms with Gasteiger partial charge in [0.25, 0.3) is 0 Å². The molecule has 0 spiro atoms. The first kappa shape index (κ1) is 14.4. The number of hydrogen-bond acceptors (Lipinski definition) is 1. The molecule has 0 radical (unpaired) electrons. The summed E-state index contributed by atoms with van der Waals surface area (Å²) in [6.07, 6.45) is 0. The van der Waals surface area contributed by atoms with Crippen molar-refractivity contribution in [2.45, 2.75) is 19.9 Å². The van der Waals surface area contributed by atoms with Gasteiger partial charge >= 0.3 is 0 Å². The van der Waals surface area contributed by atoms with Crippen LogP contribution in [0.5, 0.6) is 0 Å². The zero-order chi connectivity index (χ0) is 13.8. The van der Waals surface area contributed by atoms with E-state index >= 15 is 0 Å². The molecule has 0 saturated carbocycles. The molecule has 100 valence electrons. The van der Waals surface area contributed by atoms with Gasteiger partial charge in [-0.1, -0.05) is 55.8 Å². The monoisotopic (exact) mass is 337 g/mol. The van der Waals surface area contributed by atoms with Crippen LogP contribution in [0.3, 0.4) is 0 Å². The molecule has 1 atom stereocenters. The molecule has 3 heteroatoms. The third-order valence-electron chi connectivity index (χ3n) is 3.07. The van der Waals surface area contributed by atoms with Crippen LogP contribution in [0.15, 0.2) is 53.0 Å². The van der Waals surface area contributed by atoms with Gasteiger partial charge in [-0.15, -0.1) is 0 Å². The number of halogens is 2.